The van der Waals surface area contributed by atoms with E-state index >= 15 is 0 Å². The van der Waals surface area contributed by atoms with Crippen molar-refractivity contribution in [3.63, 3.8) is 0 Å². The van der Waals surface area contributed by atoms with Crippen LogP contribution < -0.4 is 0 Å². The molecule has 0 aliphatic carbocycles. The Morgan fingerprint density at radius 2 is 0.635 bits per heavy atom. The van der Waals surface area contributed by atoms with E-state index in [2.05, 4.69) is 106 Å². The maximum Gasteiger partial charge on any atom is 0.306 e. The number of hydrogen-bond donors (Lipinski definition) is 0. The molecule has 6 nitrogen and oxygen atoms in total. The molecule has 0 fully saturated rings. The predicted octanol–water partition coefficient (Wildman–Crippen LogP) is 17.2. The summed E-state index contributed by atoms with van der Waals surface area (Å²) in [4.78, 5) is 38.0. The fourth-order valence-corrected chi connectivity index (χ4v) is 6.94. The zero-order valence-corrected chi connectivity index (χ0v) is 41.1. The van der Waals surface area contributed by atoms with Gasteiger partial charge >= 0.3 is 17.9 Å². The largest absolute Gasteiger partial charge is 0.462 e. The first-order valence-corrected chi connectivity index (χ1v) is 26.1. The average molecular weight is 877 g/mol. The number of hydrogen-bond acceptors (Lipinski definition) is 6. The molecule has 0 rings (SSSR count). The maximum atomic E-state index is 12.8. The van der Waals surface area contributed by atoms with E-state index in [0.29, 0.717) is 19.3 Å². The Labute approximate surface area is 388 Å². The quantitative estimate of drug-likeness (QED) is 0.0262. The van der Waals surface area contributed by atoms with Gasteiger partial charge in [0.25, 0.3) is 0 Å². The molecule has 0 radical (unpaired) electrons. The third-order valence-corrected chi connectivity index (χ3v) is 10.9. The minimum absolute atomic E-state index is 0.102. The van der Waals surface area contributed by atoms with Crippen LogP contribution in [0.5, 0.6) is 0 Å². The van der Waals surface area contributed by atoms with E-state index in [1.54, 1.807) is 0 Å². The molecule has 360 valence electrons. The minimum atomic E-state index is -0.806. The Kier molecular flexibility index (Phi) is 48.5. The van der Waals surface area contributed by atoms with E-state index < -0.39 is 6.10 Å². The van der Waals surface area contributed by atoms with E-state index in [1.807, 2.05) is 0 Å². The van der Waals surface area contributed by atoms with E-state index in [4.69, 9.17) is 14.2 Å². The number of esters is 3. The smallest absolute Gasteiger partial charge is 0.306 e. The van der Waals surface area contributed by atoms with Crippen molar-refractivity contribution in [2.24, 2.45) is 0 Å². The van der Waals surface area contributed by atoms with Crippen LogP contribution in [0.4, 0.5) is 0 Å². The second kappa shape index (κ2) is 51.2. The Morgan fingerprint density at radius 3 is 1.05 bits per heavy atom. The lowest BCUT2D eigenvalue weighted by atomic mass is 10.1. The predicted molar refractivity (Wildman–Crippen MR) is 270 cm³/mol. The molecule has 6 heteroatoms. The Balaban J connectivity index is 4.50. The van der Waals surface area contributed by atoms with Crippen molar-refractivity contribution < 1.29 is 28.6 Å². The zero-order valence-electron chi connectivity index (χ0n) is 41.1. The fraction of sp³-hybridized carbons (Fsp3) is 0.702. The molecule has 0 aromatic rings. The van der Waals surface area contributed by atoms with Crippen molar-refractivity contribution in [2.75, 3.05) is 13.2 Å². The van der Waals surface area contributed by atoms with E-state index in [1.165, 1.54) is 89.9 Å². The number of unbranched alkanes of at least 4 members (excludes halogenated alkanes) is 21. The molecule has 0 aliphatic heterocycles. The summed E-state index contributed by atoms with van der Waals surface area (Å²) in [5.74, 6) is -0.980. The first-order chi connectivity index (χ1) is 31.0. The normalized spacial score (nSPS) is 12.7. The van der Waals surface area contributed by atoms with Gasteiger partial charge < -0.3 is 14.2 Å². The van der Waals surface area contributed by atoms with Crippen LogP contribution in [0.3, 0.4) is 0 Å². The average Bonchev–Trinajstić information content (AvgIpc) is 3.28. The number of ether oxygens (including phenoxy) is 3. The first-order valence-electron chi connectivity index (χ1n) is 26.1. The molecule has 0 aromatic heterocycles. The van der Waals surface area contributed by atoms with Crippen molar-refractivity contribution in [1.82, 2.24) is 0 Å². The highest BCUT2D eigenvalue weighted by Crippen LogP contribution is 2.13. The molecular weight excluding hydrogens is 781 g/mol. The molecule has 0 saturated heterocycles. The summed E-state index contributed by atoms with van der Waals surface area (Å²) in [6.07, 6.45) is 65.7. The van der Waals surface area contributed by atoms with Crippen LogP contribution in [0.2, 0.25) is 0 Å². The van der Waals surface area contributed by atoms with E-state index in [9.17, 15) is 14.4 Å². The third-order valence-electron chi connectivity index (χ3n) is 10.9. The molecule has 0 N–H and O–H groups in total. The summed E-state index contributed by atoms with van der Waals surface area (Å²) in [5, 5.41) is 0. The summed E-state index contributed by atoms with van der Waals surface area (Å²) < 4.78 is 16.7. The highest BCUT2D eigenvalue weighted by atomic mass is 16.6. The van der Waals surface area contributed by atoms with E-state index in [-0.39, 0.29) is 37.5 Å². The third kappa shape index (κ3) is 49.5. The number of allylic oxidation sites excluding steroid dienone is 14. The second-order valence-electron chi connectivity index (χ2n) is 17.0. The molecule has 0 aromatic carbocycles. The minimum Gasteiger partial charge on any atom is -0.462 e. The molecule has 63 heavy (non-hydrogen) atoms. The van der Waals surface area contributed by atoms with Gasteiger partial charge in [0.1, 0.15) is 13.2 Å². The lowest BCUT2D eigenvalue weighted by Crippen LogP contribution is -2.30. The number of carbonyl (C=O) groups excluding carboxylic acids is 3. The lowest BCUT2D eigenvalue weighted by molar-refractivity contribution is -0.167. The second-order valence-corrected chi connectivity index (χ2v) is 17.0. The van der Waals surface area contributed by atoms with Gasteiger partial charge in [0.05, 0.1) is 0 Å². The molecule has 1 atom stereocenters. The highest BCUT2D eigenvalue weighted by molar-refractivity contribution is 5.71. The molecule has 0 amide bonds. The van der Waals surface area contributed by atoms with Crippen LogP contribution in [0, 0.1) is 0 Å². The Bertz CT molecular complexity index is 1240. The van der Waals surface area contributed by atoms with Gasteiger partial charge in [-0.25, -0.2) is 0 Å². The van der Waals surface area contributed by atoms with Gasteiger partial charge in [-0.15, -0.1) is 0 Å². The van der Waals surface area contributed by atoms with Gasteiger partial charge in [0.15, 0.2) is 6.10 Å². The van der Waals surface area contributed by atoms with Gasteiger partial charge in [-0.3, -0.25) is 14.4 Å². The van der Waals surface area contributed by atoms with Gasteiger partial charge in [0, 0.05) is 19.3 Å². The first kappa shape index (κ1) is 59.6. The molecule has 0 saturated carbocycles. The van der Waals surface area contributed by atoms with Crippen molar-refractivity contribution in [2.45, 2.75) is 245 Å². The summed E-state index contributed by atoms with van der Waals surface area (Å²) >= 11 is 0. The summed E-state index contributed by atoms with van der Waals surface area (Å²) in [5.41, 5.74) is 0. The van der Waals surface area contributed by atoms with Gasteiger partial charge in [-0.2, -0.15) is 0 Å². The molecular formula is C57H96O6. The molecule has 0 bridgehead atoms. The topological polar surface area (TPSA) is 78.9 Å². The summed E-state index contributed by atoms with van der Waals surface area (Å²) in [6.45, 7) is 6.44. The standard InChI is InChI=1S/C57H96O6/c1-4-7-10-13-16-19-22-25-28-29-30-33-35-38-41-44-47-50-56(59)62-53-54(63-57(60)51-48-45-42-39-36-32-27-24-21-18-15-12-9-6-3)52-61-55(58)49-46-43-40-37-34-31-26-23-20-17-14-11-8-5-2/h7,10,16,19,23-28,30,33,38,41,54H,4-6,8-9,11-15,17-18,20-22,29,31-32,34-37,39-40,42-53H2,1-3H3/b10-7+,19-16+,26-23+,27-24+,28-25+,33-30+,41-38+/t54-/m1/s1. The van der Waals surface area contributed by atoms with E-state index in [0.717, 1.165) is 103 Å². The maximum absolute atomic E-state index is 12.8. The van der Waals surface area contributed by atoms with Crippen LogP contribution in [-0.4, -0.2) is 37.2 Å². The lowest BCUT2D eigenvalue weighted by Gasteiger charge is -2.18. The van der Waals surface area contributed by atoms with Crippen LogP contribution in [0.15, 0.2) is 85.1 Å². The van der Waals surface area contributed by atoms with Crippen molar-refractivity contribution in [3.8, 4) is 0 Å². The highest BCUT2D eigenvalue weighted by Gasteiger charge is 2.19. The van der Waals surface area contributed by atoms with Crippen molar-refractivity contribution in [3.05, 3.63) is 85.1 Å². The van der Waals surface area contributed by atoms with Crippen LogP contribution in [0.25, 0.3) is 0 Å². The summed E-state index contributed by atoms with van der Waals surface area (Å²) in [7, 11) is 0. The molecule has 0 unspecified atom stereocenters. The SMILES string of the molecule is CC/C=C/C/C=C/C/C=C/C/C=C/C/C=C/CCCC(=O)OC[C@@H](COC(=O)CCCCCCC/C=C/CCCCCCC)OC(=O)CCCCCCC/C=C/CCCCCCC. The molecule has 0 aliphatic rings. The zero-order chi connectivity index (χ0) is 45.8. The molecule has 0 spiro atoms. The number of carbonyl (C=O) groups is 3. The monoisotopic (exact) mass is 877 g/mol. The summed E-state index contributed by atoms with van der Waals surface area (Å²) in [6, 6.07) is 0. The Hall–Kier alpha value is -3.41. The van der Waals surface area contributed by atoms with Crippen LogP contribution >= 0.6 is 0 Å². The van der Waals surface area contributed by atoms with Gasteiger partial charge in [-0.1, -0.05) is 196 Å². The molecule has 0 heterocycles. The van der Waals surface area contributed by atoms with Gasteiger partial charge in [0.2, 0.25) is 0 Å². The number of rotatable bonds is 46. The van der Waals surface area contributed by atoms with Crippen LogP contribution in [-0.2, 0) is 28.6 Å². The van der Waals surface area contributed by atoms with Crippen molar-refractivity contribution in [1.29, 1.82) is 0 Å². The fourth-order valence-electron chi connectivity index (χ4n) is 6.94. The Morgan fingerprint density at radius 1 is 0.333 bits per heavy atom. The van der Waals surface area contributed by atoms with Crippen LogP contribution in [0.1, 0.15) is 239 Å². The van der Waals surface area contributed by atoms with Gasteiger partial charge in [-0.05, 0) is 109 Å². The van der Waals surface area contributed by atoms with Crippen molar-refractivity contribution >= 4 is 17.9 Å².